The monoisotopic (exact) mass is 1760 g/mol. The van der Waals surface area contributed by atoms with E-state index in [1.54, 1.807) is 0 Å². The van der Waals surface area contributed by atoms with Crippen LogP contribution in [0.15, 0.2) is 582 Å². The van der Waals surface area contributed by atoms with E-state index in [1.165, 1.54) is 134 Å². The van der Waals surface area contributed by atoms with Gasteiger partial charge in [-0.05, 0) is 279 Å². The molecule has 0 aromatic heterocycles. The standard InChI is InChI=1S/C73H52N2.C61H44N2/c1-5-19-53(20-6-1)57-35-43-63(44-36-57)74(64-45-37-58(38-46-64)54-21-7-2-8-22-54)67-29-17-27-61(51-67)73(71-33-15-13-31-69(71)70-32-14-16-34-72(70)73)62-28-18-30-68(52-62)75(65-47-39-59(40-48-65)55-23-9-3-10-24-55)66-49-41-60(42-50-66)56-25-11-4-12-26-56;1-5-17-45(18-6-1)47-29-37-53(38-30-47)62(51-21-9-3-10-22-51)55-41-33-49(34-42-55)61(59-27-15-13-25-57(59)58-26-14-16-28-60(58)61)50-35-43-56(44-36-50)63(52-23-11-4-12-24-52)54-39-31-48(32-40-54)46-19-7-2-8-20-46/h1-52H;1-44H. The van der Waals surface area contributed by atoms with Crippen LogP contribution in [0.25, 0.3) is 89.0 Å². The number of benzene rings is 22. The fourth-order valence-corrected chi connectivity index (χ4v) is 21.1. The number of para-hydroxylation sites is 2. The Morgan fingerprint density at radius 3 is 0.471 bits per heavy atom. The molecular weight excluding hydrogens is 1670 g/mol. The molecule has 0 aliphatic heterocycles. The van der Waals surface area contributed by atoms with E-state index in [2.05, 4.69) is 602 Å². The van der Waals surface area contributed by atoms with Gasteiger partial charge in [0.15, 0.2) is 0 Å². The van der Waals surface area contributed by atoms with Gasteiger partial charge >= 0.3 is 0 Å². The Balaban J connectivity index is 0.000000157. The second kappa shape index (κ2) is 37.6. The highest BCUT2D eigenvalue weighted by Gasteiger charge is 2.48. The van der Waals surface area contributed by atoms with Crippen molar-refractivity contribution in [3.8, 4) is 89.0 Å². The van der Waals surface area contributed by atoms with Gasteiger partial charge in [-0.25, -0.2) is 0 Å². The van der Waals surface area contributed by atoms with Crippen LogP contribution in [0.3, 0.4) is 0 Å². The Labute approximate surface area is 808 Å². The van der Waals surface area contributed by atoms with Gasteiger partial charge in [0.05, 0.1) is 10.8 Å². The summed E-state index contributed by atoms with van der Waals surface area (Å²) >= 11 is 0. The molecule has 138 heavy (non-hydrogen) atoms. The zero-order valence-electron chi connectivity index (χ0n) is 76.2. The predicted molar refractivity (Wildman–Crippen MR) is 579 cm³/mol. The molecule has 2 aliphatic carbocycles. The summed E-state index contributed by atoms with van der Waals surface area (Å²) in [5.41, 5.74) is 41.1. The van der Waals surface area contributed by atoms with Crippen molar-refractivity contribution >= 4 is 68.2 Å². The van der Waals surface area contributed by atoms with E-state index in [4.69, 9.17) is 0 Å². The first-order chi connectivity index (χ1) is 68.4. The number of fused-ring (bicyclic) bond motifs is 6. The molecule has 0 saturated carbocycles. The van der Waals surface area contributed by atoms with Gasteiger partial charge in [0, 0.05) is 68.2 Å². The lowest BCUT2D eigenvalue weighted by atomic mass is 9.67. The lowest BCUT2D eigenvalue weighted by Crippen LogP contribution is -2.29. The van der Waals surface area contributed by atoms with Crippen LogP contribution < -0.4 is 19.6 Å². The number of nitrogens with zero attached hydrogens (tertiary/aromatic N) is 4. The molecule has 0 atom stereocenters. The minimum atomic E-state index is -0.681. The van der Waals surface area contributed by atoms with Crippen LogP contribution in [0, 0.1) is 0 Å². The molecule has 0 unspecified atom stereocenters. The maximum absolute atomic E-state index is 2.43. The quantitative estimate of drug-likeness (QED) is 0.0670. The van der Waals surface area contributed by atoms with Crippen LogP contribution in [0.2, 0.25) is 0 Å². The minimum Gasteiger partial charge on any atom is -0.311 e. The number of hydrogen-bond acceptors (Lipinski definition) is 4. The highest BCUT2D eigenvalue weighted by atomic mass is 15.2. The van der Waals surface area contributed by atoms with Gasteiger partial charge in [-0.3, -0.25) is 0 Å². The van der Waals surface area contributed by atoms with E-state index in [0.29, 0.717) is 0 Å². The lowest BCUT2D eigenvalue weighted by molar-refractivity contribution is 0.768. The van der Waals surface area contributed by atoms with Crippen molar-refractivity contribution in [2.45, 2.75) is 10.8 Å². The molecule has 0 bridgehead atoms. The molecule has 0 amide bonds. The predicted octanol–water partition coefficient (Wildman–Crippen LogP) is 36.0. The van der Waals surface area contributed by atoms with Gasteiger partial charge < -0.3 is 19.6 Å². The Hall–Kier alpha value is -18.0. The fraction of sp³-hybridized carbons (Fsp3) is 0.0149. The summed E-state index contributed by atoms with van der Waals surface area (Å²) in [7, 11) is 0. The summed E-state index contributed by atoms with van der Waals surface area (Å²) in [6, 6.07) is 212. The Morgan fingerprint density at radius 2 is 0.254 bits per heavy atom. The van der Waals surface area contributed by atoms with Crippen LogP contribution in [0.5, 0.6) is 0 Å². The summed E-state index contributed by atoms with van der Waals surface area (Å²) in [5.74, 6) is 0. The molecule has 0 N–H and O–H groups in total. The molecular formula is C134H96N4. The number of anilines is 12. The summed E-state index contributed by atoms with van der Waals surface area (Å²) in [6.07, 6.45) is 0. The number of rotatable bonds is 22. The van der Waals surface area contributed by atoms with E-state index in [0.717, 1.165) is 68.2 Å². The van der Waals surface area contributed by atoms with Crippen LogP contribution in [0.1, 0.15) is 44.5 Å². The SMILES string of the molecule is c1ccc(-c2ccc(N(c3ccc(-c4ccccc4)cc3)c3cccc(C4(c5cccc(N(c6ccc(-c7ccccc7)cc6)c6ccc(-c7ccccc7)cc6)c5)c5ccccc5-c5ccccc54)c3)cc2)cc1.c1ccc(-c2ccc(N(c3ccccc3)c3ccc(C4(c5ccc(N(c6ccccc6)c6ccc(-c7ccccc7)cc6)cc5)c5ccccc5-c5ccccc54)cc3)cc2)cc1. The van der Waals surface area contributed by atoms with Crippen molar-refractivity contribution in [1.29, 1.82) is 0 Å². The van der Waals surface area contributed by atoms with E-state index in [1.807, 2.05) is 0 Å². The third kappa shape index (κ3) is 16.0. The molecule has 652 valence electrons. The summed E-state index contributed by atoms with van der Waals surface area (Å²) in [5, 5.41) is 0. The molecule has 0 saturated heterocycles. The minimum absolute atomic E-state index is 0.548. The Bertz CT molecular complexity index is 7300. The van der Waals surface area contributed by atoms with Crippen molar-refractivity contribution in [3.63, 3.8) is 0 Å². The van der Waals surface area contributed by atoms with E-state index >= 15 is 0 Å². The van der Waals surface area contributed by atoms with Gasteiger partial charge in [0.1, 0.15) is 0 Å². The van der Waals surface area contributed by atoms with Crippen molar-refractivity contribution in [2.24, 2.45) is 0 Å². The average Bonchev–Trinajstić information content (AvgIpc) is 1.47. The number of hydrogen-bond donors (Lipinski definition) is 0. The summed E-state index contributed by atoms with van der Waals surface area (Å²) < 4.78 is 0. The van der Waals surface area contributed by atoms with Crippen LogP contribution >= 0.6 is 0 Å². The smallest absolute Gasteiger partial charge is 0.0715 e. The second-order valence-electron chi connectivity index (χ2n) is 35.4. The largest absolute Gasteiger partial charge is 0.311 e. The molecule has 22 aromatic carbocycles. The molecule has 0 fully saturated rings. The van der Waals surface area contributed by atoms with Crippen molar-refractivity contribution < 1.29 is 0 Å². The second-order valence-corrected chi connectivity index (χ2v) is 35.4. The molecule has 0 spiro atoms. The topological polar surface area (TPSA) is 13.0 Å². The third-order valence-electron chi connectivity index (χ3n) is 27.5. The summed E-state index contributed by atoms with van der Waals surface area (Å²) in [6.45, 7) is 0. The maximum atomic E-state index is 2.43. The first-order valence-electron chi connectivity index (χ1n) is 47.5. The van der Waals surface area contributed by atoms with E-state index < -0.39 is 10.8 Å². The molecule has 2 aliphatic rings. The molecule has 4 heteroatoms. The average molecular weight is 1760 g/mol. The zero-order chi connectivity index (χ0) is 92.0. The van der Waals surface area contributed by atoms with Gasteiger partial charge in [-0.1, -0.05) is 437 Å². The van der Waals surface area contributed by atoms with Gasteiger partial charge in [0.2, 0.25) is 0 Å². The highest BCUT2D eigenvalue weighted by Crippen LogP contribution is 2.60. The lowest BCUT2D eigenvalue weighted by Gasteiger charge is -2.36. The van der Waals surface area contributed by atoms with Crippen LogP contribution in [-0.4, -0.2) is 0 Å². The molecule has 0 radical (unpaired) electrons. The van der Waals surface area contributed by atoms with Crippen LogP contribution in [-0.2, 0) is 10.8 Å². The Kier molecular flexibility index (Phi) is 23.0. The van der Waals surface area contributed by atoms with Gasteiger partial charge in [0.25, 0.3) is 0 Å². The van der Waals surface area contributed by atoms with E-state index in [9.17, 15) is 0 Å². The molecule has 0 heterocycles. The third-order valence-corrected chi connectivity index (χ3v) is 27.5. The highest BCUT2D eigenvalue weighted by molar-refractivity contribution is 5.92. The first kappa shape index (κ1) is 84.3. The van der Waals surface area contributed by atoms with E-state index in [-0.39, 0.29) is 0 Å². The zero-order valence-corrected chi connectivity index (χ0v) is 76.2. The van der Waals surface area contributed by atoms with Gasteiger partial charge in [-0.2, -0.15) is 0 Å². The van der Waals surface area contributed by atoms with Gasteiger partial charge in [-0.15, -0.1) is 0 Å². The molecule has 4 nitrogen and oxygen atoms in total. The van der Waals surface area contributed by atoms with Crippen molar-refractivity contribution in [3.05, 3.63) is 627 Å². The van der Waals surface area contributed by atoms with Crippen molar-refractivity contribution in [1.82, 2.24) is 0 Å². The molecule has 22 aromatic rings. The Morgan fingerprint density at radius 1 is 0.101 bits per heavy atom. The first-order valence-corrected chi connectivity index (χ1v) is 47.5. The summed E-state index contributed by atoms with van der Waals surface area (Å²) in [4.78, 5) is 9.51. The van der Waals surface area contributed by atoms with Crippen molar-refractivity contribution in [2.75, 3.05) is 19.6 Å². The molecule has 24 rings (SSSR count). The maximum Gasteiger partial charge on any atom is 0.0715 e. The van der Waals surface area contributed by atoms with Crippen LogP contribution in [0.4, 0.5) is 68.2 Å². The fourth-order valence-electron chi connectivity index (χ4n) is 21.1. The normalized spacial score (nSPS) is 12.2.